The molecule has 300 valence electrons. The Balaban J connectivity index is 1.19. The van der Waals surface area contributed by atoms with E-state index < -0.39 is 53.1 Å². The van der Waals surface area contributed by atoms with Crippen LogP contribution in [0.25, 0.3) is 4.85 Å². The number of thioether (sulfide) groups is 2. The van der Waals surface area contributed by atoms with Gasteiger partial charge in [0, 0.05) is 24.8 Å². The summed E-state index contributed by atoms with van der Waals surface area (Å²) in [6, 6.07) is 10.3. The zero-order valence-electron chi connectivity index (χ0n) is 32.0. The molecule has 1 aliphatic carbocycles. The standard InChI is InChI=1S/C41H42N2O12S2/c1-7-32(45)51-22-41(4,5)23-52-34(47)17-16-33(46)50-19-18-26-8-14-29(15-9-26)54-38(48)27-10-12-28(13-11-27)39(49)55-31-20-24(2)35(53-25(3)44)37-36(31)56-40(57-37)30(21-42)43-6/h7-9,14-15,20,27-28H,1,10-13,16-19,22-23H2,2-5H3/b40-30+. The van der Waals surface area contributed by atoms with Crippen molar-refractivity contribution in [1.82, 2.24) is 0 Å². The van der Waals surface area contributed by atoms with Crippen molar-refractivity contribution >= 4 is 59.3 Å². The molecule has 14 nitrogen and oxygen atoms in total. The summed E-state index contributed by atoms with van der Waals surface area (Å²) in [5.74, 6) is -3.12. The van der Waals surface area contributed by atoms with Crippen LogP contribution in [0.4, 0.5) is 0 Å². The SMILES string of the molecule is [C-]#[N+]/C(C#N)=C1\Sc2c(OC(=O)C3CCC(C(=O)Oc4ccc(CCOC(=O)CCC(=O)OCC(C)(C)COC(=O)C=C)cc4)CC3)cc(C)c(OC(C)=O)c2S1. The Morgan fingerprint density at radius 3 is 2.05 bits per heavy atom. The average Bonchev–Trinajstić information content (AvgIpc) is 3.63. The summed E-state index contributed by atoms with van der Waals surface area (Å²) < 4.78 is 32.7. The Hall–Kier alpha value is -5.58. The fourth-order valence-corrected chi connectivity index (χ4v) is 8.17. The Bertz CT molecular complexity index is 2000. The van der Waals surface area contributed by atoms with Crippen molar-refractivity contribution in [1.29, 1.82) is 5.26 Å². The van der Waals surface area contributed by atoms with Crippen LogP contribution in [0.3, 0.4) is 0 Å². The number of fused-ring (bicyclic) bond motifs is 1. The maximum Gasteiger partial charge on any atom is 0.330 e. The Morgan fingerprint density at radius 1 is 0.895 bits per heavy atom. The molecule has 0 spiro atoms. The van der Waals surface area contributed by atoms with E-state index in [2.05, 4.69) is 11.4 Å². The number of esters is 6. The third-order valence-electron chi connectivity index (χ3n) is 8.72. The summed E-state index contributed by atoms with van der Waals surface area (Å²) in [5, 5.41) is 9.41. The first-order chi connectivity index (χ1) is 27.1. The molecule has 1 heterocycles. The predicted molar refractivity (Wildman–Crippen MR) is 206 cm³/mol. The number of nitriles is 1. The molecule has 0 radical (unpaired) electrons. The molecule has 0 N–H and O–H groups in total. The largest absolute Gasteiger partial charge is 0.465 e. The van der Waals surface area contributed by atoms with Gasteiger partial charge in [-0.3, -0.25) is 24.0 Å². The van der Waals surface area contributed by atoms with E-state index in [1.807, 2.05) is 6.07 Å². The molecule has 0 saturated heterocycles. The Morgan fingerprint density at radius 2 is 1.47 bits per heavy atom. The van der Waals surface area contributed by atoms with E-state index >= 15 is 0 Å². The van der Waals surface area contributed by atoms with Crippen molar-refractivity contribution in [3.63, 3.8) is 0 Å². The zero-order valence-corrected chi connectivity index (χ0v) is 33.6. The van der Waals surface area contributed by atoms with Crippen molar-refractivity contribution in [2.24, 2.45) is 17.3 Å². The van der Waals surface area contributed by atoms with Gasteiger partial charge >= 0.3 is 35.8 Å². The minimum Gasteiger partial charge on any atom is -0.465 e. The first kappa shape index (κ1) is 44.1. The maximum absolute atomic E-state index is 13.3. The molecule has 1 saturated carbocycles. The van der Waals surface area contributed by atoms with E-state index in [4.69, 9.17) is 35.0 Å². The zero-order chi connectivity index (χ0) is 41.7. The molecule has 2 aromatic rings. The van der Waals surface area contributed by atoms with Gasteiger partial charge in [-0.05, 0) is 61.9 Å². The Kier molecular flexibility index (Phi) is 15.9. The van der Waals surface area contributed by atoms with Crippen LogP contribution >= 0.6 is 23.5 Å². The van der Waals surface area contributed by atoms with Gasteiger partial charge in [-0.25, -0.2) is 14.9 Å². The van der Waals surface area contributed by atoms with E-state index in [-0.39, 0.29) is 49.9 Å². The molecule has 57 heavy (non-hydrogen) atoms. The number of benzene rings is 2. The molecule has 0 unspecified atom stereocenters. The second kappa shape index (κ2) is 20.5. The summed E-state index contributed by atoms with van der Waals surface area (Å²) in [4.78, 5) is 77.8. The molecule has 4 rings (SSSR count). The topological polar surface area (TPSA) is 186 Å². The van der Waals surface area contributed by atoms with Crippen LogP contribution < -0.4 is 14.2 Å². The molecule has 1 aliphatic heterocycles. The maximum atomic E-state index is 13.3. The van der Waals surface area contributed by atoms with Crippen molar-refractivity contribution in [2.45, 2.75) is 82.4 Å². The second-order valence-corrected chi connectivity index (χ2v) is 16.3. The molecule has 0 aromatic heterocycles. The lowest BCUT2D eigenvalue weighted by Crippen LogP contribution is -2.30. The number of aryl methyl sites for hydroxylation is 1. The van der Waals surface area contributed by atoms with Crippen LogP contribution in [0.2, 0.25) is 0 Å². The minimum atomic E-state index is -0.608. The number of allylic oxidation sites excluding steroid dienone is 1. The van der Waals surface area contributed by atoms with Crippen molar-refractivity contribution in [2.75, 3.05) is 19.8 Å². The van der Waals surface area contributed by atoms with Gasteiger partial charge in [0.1, 0.15) is 17.2 Å². The molecule has 1 fully saturated rings. The molecular weight excluding hydrogens is 777 g/mol. The van der Waals surface area contributed by atoms with Crippen molar-refractivity contribution in [3.8, 4) is 23.3 Å². The summed E-state index contributed by atoms with van der Waals surface area (Å²) in [6.45, 7) is 17.3. The molecule has 0 bridgehead atoms. The summed E-state index contributed by atoms with van der Waals surface area (Å²) in [7, 11) is 0. The van der Waals surface area contributed by atoms with Crippen LogP contribution in [0.5, 0.6) is 17.2 Å². The van der Waals surface area contributed by atoms with Gasteiger partial charge in [-0.15, -0.1) is 0 Å². The normalized spacial score (nSPS) is 16.7. The van der Waals surface area contributed by atoms with Crippen molar-refractivity contribution in [3.05, 3.63) is 75.5 Å². The van der Waals surface area contributed by atoms with Gasteiger partial charge in [0.2, 0.25) is 0 Å². The van der Waals surface area contributed by atoms with Crippen LogP contribution in [0.15, 0.2) is 62.7 Å². The van der Waals surface area contributed by atoms with Gasteiger partial charge in [-0.2, -0.15) is 0 Å². The lowest BCUT2D eigenvalue weighted by Gasteiger charge is -2.26. The van der Waals surface area contributed by atoms with Crippen LogP contribution in [-0.4, -0.2) is 55.6 Å². The molecule has 2 aliphatic rings. The molecular formula is C41H42N2O12S2. The van der Waals surface area contributed by atoms with Crippen molar-refractivity contribution < 1.29 is 57.2 Å². The highest BCUT2D eigenvalue weighted by Crippen LogP contribution is 2.60. The second-order valence-electron chi connectivity index (χ2n) is 14.0. The minimum absolute atomic E-state index is 0.00653. The van der Waals surface area contributed by atoms with E-state index in [0.29, 0.717) is 57.4 Å². The van der Waals surface area contributed by atoms with E-state index in [1.54, 1.807) is 51.1 Å². The summed E-state index contributed by atoms with van der Waals surface area (Å²) in [6.07, 6.45) is 2.79. The molecule has 0 amide bonds. The number of hydrogen-bond donors (Lipinski definition) is 0. The third kappa shape index (κ3) is 13.0. The average molecular weight is 819 g/mol. The number of nitrogens with zero attached hydrogens (tertiary/aromatic N) is 2. The lowest BCUT2D eigenvalue weighted by molar-refractivity contribution is -0.154. The third-order valence-corrected chi connectivity index (χ3v) is 11.3. The fourth-order valence-electron chi connectivity index (χ4n) is 5.63. The lowest BCUT2D eigenvalue weighted by atomic mass is 9.82. The molecule has 0 atom stereocenters. The molecule has 2 aromatic carbocycles. The fraction of sp³-hybridized carbons (Fsp3) is 0.415. The predicted octanol–water partition coefficient (Wildman–Crippen LogP) is 7.21. The number of carbonyl (C=O) groups excluding carboxylic acids is 6. The van der Waals surface area contributed by atoms with Gasteiger partial charge in [0.25, 0.3) is 5.70 Å². The van der Waals surface area contributed by atoms with E-state index in [1.165, 1.54) is 6.92 Å². The first-order valence-corrected chi connectivity index (χ1v) is 19.6. The number of carbonyl (C=O) groups is 6. The monoisotopic (exact) mass is 818 g/mol. The summed E-state index contributed by atoms with van der Waals surface area (Å²) in [5.41, 5.74) is 0.651. The summed E-state index contributed by atoms with van der Waals surface area (Å²) >= 11 is 2.22. The molecule has 16 heteroatoms. The number of rotatable bonds is 16. The van der Waals surface area contributed by atoms with Gasteiger partial charge < -0.3 is 28.4 Å². The van der Waals surface area contributed by atoms with Crippen LogP contribution in [0.1, 0.15) is 70.4 Å². The smallest absolute Gasteiger partial charge is 0.330 e. The van der Waals surface area contributed by atoms with Gasteiger partial charge in [0.05, 0.1) is 71.2 Å². The number of ether oxygens (including phenoxy) is 6. The Labute approximate surface area is 339 Å². The van der Waals surface area contributed by atoms with Crippen LogP contribution in [-0.2, 0) is 49.4 Å². The van der Waals surface area contributed by atoms with E-state index in [0.717, 1.165) is 35.2 Å². The highest BCUT2D eigenvalue weighted by molar-refractivity contribution is 8.24. The van der Waals surface area contributed by atoms with Crippen LogP contribution in [0, 0.1) is 42.1 Å². The first-order valence-electron chi connectivity index (χ1n) is 18.0. The van der Waals surface area contributed by atoms with E-state index in [9.17, 15) is 34.0 Å². The number of hydrogen-bond acceptors (Lipinski definition) is 15. The van der Waals surface area contributed by atoms with Gasteiger partial charge in [0.15, 0.2) is 0 Å². The highest BCUT2D eigenvalue weighted by atomic mass is 32.2. The quantitative estimate of drug-likeness (QED) is 0.0413. The highest BCUT2D eigenvalue weighted by Gasteiger charge is 2.35. The van der Waals surface area contributed by atoms with Gasteiger partial charge in [-0.1, -0.05) is 56.1 Å².